The van der Waals surface area contributed by atoms with Crippen LogP contribution in [0.15, 0.2) is 30.7 Å². The van der Waals surface area contributed by atoms with Gasteiger partial charge < -0.3 is 10.2 Å². The molecule has 0 atom stereocenters. The fraction of sp³-hybridized carbons (Fsp3) is 0.250. The van der Waals surface area contributed by atoms with E-state index in [-0.39, 0.29) is 6.03 Å². The van der Waals surface area contributed by atoms with E-state index in [9.17, 15) is 4.79 Å². The number of benzene rings is 1. The van der Waals surface area contributed by atoms with Crippen molar-refractivity contribution in [2.45, 2.75) is 13.5 Å². The summed E-state index contributed by atoms with van der Waals surface area (Å²) in [5.41, 5.74) is 2.33. The number of nitrogens with zero attached hydrogens (tertiary/aromatic N) is 5. The quantitative estimate of drug-likeness (QED) is 0.792. The maximum atomic E-state index is 12.5. The molecule has 0 spiro atoms. The Morgan fingerprint density at radius 2 is 2.21 bits per heavy atom. The summed E-state index contributed by atoms with van der Waals surface area (Å²) in [4.78, 5) is 22.5. The maximum Gasteiger partial charge on any atom is 0.322 e. The third-order valence-electron chi connectivity index (χ3n) is 3.80. The van der Waals surface area contributed by atoms with Gasteiger partial charge in [-0.25, -0.2) is 9.78 Å². The average molecular weight is 345 g/mol. The van der Waals surface area contributed by atoms with Gasteiger partial charge in [0.25, 0.3) is 0 Å². The van der Waals surface area contributed by atoms with Crippen molar-refractivity contribution in [2.75, 3.05) is 12.4 Å². The van der Waals surface area contributed by atoms with Crippen molar-refractivity contribution in [3.8, 4) is 0 Å². The Hall–Kier alpha value is -2.67. The number of aryl methyl sites for hydroxylation is 2. The molecule has 0 aliphatic heterocycles. The first-order valence-corrected chi connectivity index (χ1v) is 7.74. The maximum absolute atomic E-state index is 12.5. The van der Waals surface area contributed by atoms with Gasteiger partial charge >= 0.3 is 6.03 Å². The number of pyridine rings is 1. The van der Waals surface area contributed by atoms with Gasteiger partial charge in [-0.2, -0.15) is 5.10 Å². The highest BCUT2D eigenvalue weighted by atomic mass is 35.5. The number of aromatic nitrogens is 4. The first kappa shape index (κ1) is 16.2. The summed E-state index contributed by atoms with van der Waals surface area (Å²) in [5, 5.41) is 8.15. The van der Waals surface area contributed by atoms with E-state index < -0.39 is 0 Å². The van der Waals surface area contributed by atoms with E-state index in [1.165, 1.54) is 11.2 Å². The molecule has 7 nitrogen and oxygen atoms in total. The SMILES string of the molecule is Cc1cc(Cl)c(NC(=O)N(C)Cc2ncnn2C)c2cccnc12. The van der Waals surface area contributed by atoms with E-state index in [0.717, 1.165) is 16.5 Å². The molecule has 124 valence electrons. The molecule has 0 saturated carbocycles. The van der Waals surface area contributed by atoms with Gasteiger partial charge in [-0.15, -0.1) is 0 Å². The number of rotatable bonds is 3. The Kier molecular flexibility index (Phi) is 4.35. The minimum atomic E-state index is -0.283. The summed E-state index contributed by atoms with van der Waals surface area (Å²) in [6, 6.07) is 5.22. The molecule has 0 aliphatic rings. The number of hydrogen-bond acceptors (Lipinski definition) is 4. The fourth-order valence-corrected chi connectivity index (χ4v) is 2.77. The van der Waals surface area contributed by atoms with Crippen molar-refractivity contribution in [2.24, 2.45) is 7.05 Å². The molecule has 0 fully saturated rings. The minimum absolute atomic E-state index is 0.283. The molecule has 1 N–H and O–H groups in total. The van der Waals surface area contributed by atoms with E-state index in [2.05, 4.69) is 20.4 Å². The van der Waals surface area contributed by atoms with E-state index in [4.69, 9.17) is 11.6 Å². The highest BCUT2D eigenvalue weighted by Gasteiger charge is 2.16. The van der Waals surface area contributed by atoms with Crippen LogP contribution in [-0.2, 0) is 13.6 Å². The Bertz CT molecular complexity index is 907. The largest absolute Gasteiger partial charge is 0.322 e. The first-order chi connectivity index (χ1) is 11.5. The second-order valence-corrected chi connectivity index (χ2v) is 5.94. The number of urea groups is 1. The molecule has 0 aliphatic carbocycles. The number of hydrogen-bond donors (Lipinski definition) is 1. The predicted octanol–water partition coefficient (Wildman–Crippen LogP) is 2.99. The molecule has 2 aromatic heterocycles. The van der Waals surface area contributed by atoms with Crippen molar-refractivity contribution in [1.82, 2.24) is 24.6 Å². The zero-order valence-corrected chi connectivity index (χ0v) is 14.4. The normalized spacial score (nSPS) is 10.8. The van der Waals surface area contributed by atoms with Crippen molar-refractivity contribution >= 4 is 34.2 Å². The molecule has 2 amide bonds. The number of fused-ring (bicyclic) bond motifs is 1. The van der Waals surface area contributed by atoms with Gasteiger partial charge in [0.2, 0.25) is 0 Å². The fourth-order valence-electron chi connectivity index (χ4n) is 2.46. The minimum Gasteiger partial charge on any atom is -0.320 e. The van der Waals surface area contributed by atoms with Gasteiger partial charge in [0, 0.05) is 25.7 Å². The molecular weight excluding hydrogens is 328 g/mol. The van der Waals surface area contributed by atoms with Crippen LogP contribution in [-0.4, -0.2) is 37.7 Å². The topological polar surface area (TPSA) is 75.9 Å². The summed E-state index contributed by atoms with van der Waals surface area (Å²) in [5.74, 6) is 0.689. The zero-order chi connectivity index (χ0) is 17.3. The molecule has 1 aromatic carbocycles. The Morgan fingerprint density at radius 3 is 2.92 bits per heavy atom. The first-order valence-electron chi connectivity index (χ1n) is 7.36. The molecule has 3 rings (SSSR count). The van der Waals surface area contributed by atoms with Crippen LogP contribution in [0.4, 0.5) is 10.5 Å². The van der Waals surface area contributed by atoms with E-state index in [0.29, 0.717) is 23.1 Å². The average Bonchev–Trinajstić information content (AvgIpc) is 2.96. The third kappa shape index (κ3) is 3.03. The van der Waals surface area contributed by atoms with Crippen LogP contribution >= 0.6 is 11.6 Å². The molecule has 2 heterocycles. The highest BCUT2D eigenvalue weighted by molar-refractivity contribution is 6.35. The lowest BCUT2D eigenvalue weighted by atomic mass is 10.1. The van der Waals surface area contributed by atoms with Crippen molar-refractivity contribution in [3.63, 3.8) is 0 Å². The lowest BCUT2D eigenvalue weighted by molar-refractivity contribution is 0.219. The molecule has 0 radical (unpaired) electrons. The van der Waals surface area contributed by atoms with Crippen molar-refractivity contribution < 1.29 is 4.79 Å². The molecule has 0 saturated heterocycles. The molecule has 8 heteroatoms. The summed E-state index contributed by atoms with van der Waals surface area (Å²) < 4.78 is 1.63. The Morgan fingerprint density at radius 1 is 1.42 bits per heavy atom. The number of amides is 2. The lowest BCUT2D eigenvalue weighted by Crippen LogP contribution is -2.32. The van der Waals surface area contributed by atoms with Crippen LogP contribution < -0.4 is 5.32 Å². The summed E-state index contributed by atoms with van der Waals surface area (Å²) in [6.45, 7) is 2.27. The Balaban J connectivity index is 1.87. The van der Waals surface area contributed by atoms with Gasteiger partial charge in [-0.1, -0.05) is 11.6 Å². The van der Waals surface area contributed by atoms with Crippen LogP contribution in [0.25, 0.3) is 10.9 Å². The van der Waals surface area contributed by atoms with Gasteiger partial charge in [0.15, 0.2) is 0 Å². The lowest BCUT2D eigenvalue weighted by Gasteiger charge is -2.19. The summed E-state index contributed by atoms with van der Waals surface area (Å²) in [7, 11) is 3.47. The monoisotopic (exact) mass is 344 g/mol. The predicted molar refractivity (Wildman–Crippen MR) is 93.0 cm³/mol. The van der Waals surface area contributed by atoms with Gasteiger partial charge in [0.1, 0.15) is 12.2 Å². The number of carbonyl (C=O) groups is 1. The molecule has 0 unspecified atom stereocenters. The standard InChI is InChI=1S/C16H17ClN6O/c1-10-7-12(17)15(11-5-4-6-18-14(10)11)21-16(24)22(2)8-13-19-9-20-23(13)3/h4-7,9H,8H2,1-3H3,(H,21,24). The zero-order valence-electron chi connectivity index (χ0n) is 13.6. The van der Waals surface area contributed by atoms with Crippen LogP contribution in [0.2, 0.25) is 5.02 Å². The van der Waals surface area contributed by atoms with Crippen LogP contribution in [0, 0.1) is 6.92 Å². The number of halogens is 1. The van der Waals surface area contributed by atoms with E-state index in [1.807, 2.05) is 19.1 Å². The number of anilines is 1. The Labute approximate surface area is 144 Å². The summed E-state index contributed by atoms with van der Waals surface area (Å²) >= 11 is 6.34. The van der Waals surface area contributed by atoms with E-state index in [1.54, 1.807) is 31.0 Å². The van der Waals surface area contributed by atoms with E-state index >= 15 is 0 Å². The summed E-state index contributed by atoms with van der Waals surface area (Å²) in [6.07, 6.45) is 3.17. The number of carbonyl (C=O) groups excluding carboxylic acids is 1. The van der Waals surface area contributed by atoms with Crippen LogP contribution in [0.3, 0.4) is 0 Å². The van der Waals surface area contributed by atoms with Gasteiger partial charge in [-0.05, 0) is 30.7 Å². The molecular formula is C16H17ClN6O. The highest BCUT2D eigenvalue weighted by Crippen LogP contribution is 2.32. The van der Waals surface area contributed by atoms with Crippen molar-refractivity contribution in [1.29, 1.82) is 0 Å². The van der Waals surface area contributed by atoms with Crippen LogP contribution in [0.5, 0.6) is 0 Å². The molecule has 24 heavy (non-hydrogen) atoms. The van der Waals surface area contributed by atoms with Crippen molar-refractivity contribution in [3.05, 3.63) is 47.1 Å². The second-order valence-electron chi connectivity index (χ2n) is 5.54. The van der Waals surface area contributed by atoms with Gasteiger partial charge in [-0.3, -0.25) is 9.67 Å². The smallest absolute Gasteiger partial charge is 0.320 e. The van der Waals surface area contributed by atoms with Crippen LogP contribution in [0.1, 0.15) is 11.4 Å². The van der Waals surface area contributed by atoms with Gasteiger partial charge in [0.05, 0.1) is 22.8 Å². The molecule has 0 bridgehead atoms. The number of nitrogens with one attached hydrogen (secondary N) is 1. The molecule has 3 aromatic rings. The third-order valence-corrected chi connectivity index (χ3v) is 4.09. The second kappa shape index (κ2) is 6.45.